The van der Waals surface area contributed by atoms with E-state index < -0.39 is 11.7 Å². The summed E-state index contributed by atoms with van der Waals surface area (Å²) in [4.78, 5) is 12.1. The number of amides is 1. The molecule has 0 radical (unpaired) electrons. The summed E-state index contributed by atoms with van der Waals surface area (Å²) in [5.74, 6) is 0.301. The largest absolute Gasteiger partial charge is 0.490 e. The summed E-state index contributed by atoms with van der Waals surface area (Å²) in [6.07, 6.45) is 1.44. The minimum Gasteiger partial charge on any atom is -0.490 e. The van der Waals surface area contributed by atoms with Crippen molar-refractivity contribution in [2.75, 3.05) is 19.8 Å². The highest BCUT2D eigenvalue weighted by molar-refractivity contribution is 6.33. The first-order chi connectivity index (χ1) is 11.6. The van der Waals surface area contributed by atoms with E-state index in [9.17, 15) is 9.18 Å². The average molecular weight is 350 g/mol. The standard InChI is InChI=1S/C18H17ClFNO3/c19-13-3-1-4-14(20)17(13)18(22)21-8-7-12-5-6-15-16(11-12)24-10-2-9-23-15/h1,3-6,11H,2,7-10H2,(H,21,22). The Kier molecular flexibility index (Phi) is 5.20. The molecule has 1 heterocycles. The van der Waals surface area contributed by atoms with E-state index in [4.69, 9.17) is 21.1 Å². The maximum Gasteiger partial charge on any atom is 0.255 e. The lowest BCUT2D eigenvalue weighted by Crippen LogP contribution is -2.26. The fraction of sp³-hybridized carbons (Fsp3) is 0.278. The molecule has 2 aromatic rings. The Morgan fingerprint density at radius 3 is 2.75 bits per heavy atom. The molecule has 1 aliphatic rings. The topological polar surface area (TPSA) is 47.6 Å². The predicted molar refractivity (Wildman–Crippen MR) is 89.5 cm³/mol. The lowest BCUT2D eigenvalue weighted by Gasteiger charge is -2.10. The van der Waals surface area contributed by atoms with Crippen LogP contribution < -0.4 is 14.8 Å². The molecule has 0 aliphatic carbocycles. The van der Waals surface area contributed by atoms with E-state index in [-0.39, 0.29) is 10.6 Å². The van der Waals surface area contributed by atoms with Gasteiger partial charge in [0.05, 0.1) is 23.8 Å². The monoisotopic (exact) mass is 349 g/mol. The zero-order valence-corrected chi connectivity index (χ0v) is 13.7. The highest BCUT2D eigenvalue weighted by Crippen LogP contribution is 2.30. The quantitative estimate of drug-likeness (QED) is 0.917. The number of ether oxygens (including phenoxy) is 2. The third-order valence-corrected chi connectivity index (χ3v) is 4.02. The van der Waals surface area contributed by atoms with Gasteiger partial charge < -0.3 is 14.8 Å². The lowest BCUT2D eigenvalue weighted by atomic mass is 10.1. The lowest BCUT2D eigenvalue weighted by molar-refractivity contribution is 0.0950. The minimum atomic E-state index is -0.629. The van der Waals surface area contributed by atoms with E-state index in [0.29, 0.717) is 31.9 Å². The molecule has 2 aromatic carbocycles. The van der Waals surface area contributed by atoms with Crippen molar-refractivity contribution in [2.24, 2.45) is 0 Å². The Balaban J connectivity index is 1.60. The van der Waals surface area contributed by atoms with Crippen LogP contribution in [0.3, 0.4) is 0 Å². The molecule has 4 nitrogen and oxygen atoms in total. The van der Waals surface area contributed by atoms with Crippen molar-refractivity contribution in [2.45, 2.75) is 12.8 Å². The SMILES string of the molecule is O=C(NCCc1ccc2c(c1)OCCCO2)c1c(F)cccc1Cl. The number of rotatable bonds is 4. The van der Waals surface area contributed by atoms with Gasteiger partial charge in [-0.25, -0.2) is 4.39 Å². The van der Waals surface area contributed by atoms with Gasteiger partial charge in [0.1, 0.15) is 5.82 Å². The normalized spacial score (nSPS) is 13.2. The summed E-state index contributed by atoms with van der Waals surface area (Å²) < 4.78 is 24.9. The average Bonchev–Trinajstić information content (AvgIpc) is 2.79. The molecule has 1 aliphatic heterocycles. The van der Waals surface area contributed by atoms with Crippen molar-refractivity contribution in [3.63, 3.8) is 0 Å². The van der Waals surface area contributed by atoms with E-state index in [1.54, 1.807) is 0 Å². The Hall–Kier alpha value is -2.27. The molecule has 24 heavy (non-hydrogen) atoms. The van der Waals surface area contributed by atoms with Gasteiger partial charge in [-0.05, 0) is 36.2 Å². The predicted octanol–water partition coefficient (Wildman–Crippen LogP) is 3.61. The third kappa shape index (κ3) is 3.79. The van der Waals surface area contributed by atoms with Crippen LogP contribution in [0.15, 0.2) is 36.4 Å². The number of fused-ring (bicyclic) bond motifs is 1. The van der Waals surface area contributed by atoms with E-state index in [2.05, 4.69) is 5.32 Å². The molecule has 0 saturated heterocycles. The highest BCUT2D eigenvalue weighted by atomic mass is 35.5. The smallest absolute Gasteiger partial charge is 0.255 e. The number of hydrogen-bond donors (Lipinski definition) is 1. The molecular weight excluding hydrogens is 333 g/mol. The molecule has 0 atom stereocenters. The molecule has 0 fully saturated rings. The molecule has 3 rings (SSSR count). The molecule has 0 unspecified atom stereocenters. The number of hydrogen-bond acceptors (Lipinski definition) is 3. The van der Waals surface area contributed by atoms with Crippen molar-refractivity contribution >= 4 is 17.5 Å². The van der Waals surface area contributed by atoms with Gasteiger partial charge in [-0.15, -0.1) is 0 Å². The zero-order valence-electron chi connectivity index (χ0n) is 13.0. The fourth-order valence-electron chi connectivity index (χ4n) is 2.49. The second-order valence-electron chi connectivity index (χ2n) is 5.43. The molecule has 0 saturated carbocycles. The van der Waals surface area contributed by atoms with Crippen LogP contribution in [-0.4, -0.2) is 25.7 Å². The van der Waals surface area contributed by atoms with Gasteiger partial charge in [0.15, 0.2) is 11.5 Å². The van der Waals surface area contributed by atoms with Crippen LogP contribution in [0.1, 0.15) is 22.3 Å². The fourth-order valence-corrected chi connectivity index (χ4v) is 2.74. The highest BCUT2D eigenvalue weighted by Gasteiger charge is 2.15. The molecule has 0 aromatic heterocycles. The van der Waals surface area contributed by atoms with Crippen LogP contribution in [0.5, 0.6) is 11.5 Å². The van der Waals surface area contributed by atoms with Crippen molar-refractivity contribution in [1.29, 1.82) is 0 Å². The van der Waals surface area contributed by atoms with Crippen LogP contribution in [0.25, 0.3) is 0 Å². The Labute approximate surface area is 144 Å². The summed E-state index contributed by atoms with van der Waals surface area (Å²) >= 11 is 5.88. The Morgan fingerprint density at radius 1 is 1.17 bits per heavy atom. The number of halogens is 2. The van der Waals surface area contributed by atoms with Gasteiger partial charge in [-0.2, -0.15) is 0 Å². The first-order valence-corrected chi connectivity index (χ1v) is 8.13. The second-order valence-corrected chi connectivity index (χ2v) is 5.84. The van der Waals surface area contributed by atoms with Gasteiger partial charge in [-0.3, -0.25) is 4.79 Å². The van der Waals surface area contributed by atoms with Crippen molar-refractivity contribution in [3.8, 4) is 11.5 Å². The van der Waals surface area contributed by atoms with E-state index in [1.165, 1.54) is 18.2 Å². The van der Waals surface area contributed by atoms with Gasteiger partial charge in [-0.1, -0.05) is 23.7 Å². The van der Waals surface area contributed by atoms with Crippen molar-refractivity contribution in [3.05, 3.63) is 58.4 Å². The van der Waals surface area contributed by atoms with Gasteiger partial charge in [0.25, 0.3) is 5.91 Å². The van der Waals surface area contributed by atoms with Crippen LogP contribution in [0.4, 0.5) is 4.39 Å². The van der Waals surface area contributed by atoms with Gasteiger partial charge >= 0.3 is 0 Å². The minimum absolute atomic E-state index is 0.100. The summed E-state index contributed by atoms with van der Waals surface area (Å²) in [6.45, 7) is 1.63. The molecule has 1 amide bonds. The van der Waals surface area contributed by atoms with Crippen LogP contribution in [0, 0.1) is 5.82 Å². The summed E-state index contributed by atoms with van der Waals surface area (Å²) in [5.41, 5.74) is 0.872. The van der Waals surface area contributed by atoms with Gasteiger partial charge in [0, 0.05) is 13.0 Å². The number of carbonyl (C=O) groups is 1. The van der Waals surface area contributed by atoms with E-state index in [0.717, 1.165) is 17.7 Å². The van der Waals surface area contributed by atoms with Crippen molar-refractivity contribution in [1.82, 2.24) is 5.32 Å². The third-order valence-electron chi connectivity index (χ3n) is 3.70. The van der Waals surface area contributed by atoms with Crippen molar-refractivity contribution < 1.29 is 18.7 Å². The van der Waals surface area contributed by atoms with E-state index >= 15 is 0 Å². The number of carbonyl (C=O) groups excluding carboxylic acids is 1. The summed E-state index contributed by atoms with van der Waals surface area (Å²) in [6, 6.07) is 9.87. The molecule has 0 spiro atoms. The van der Waals surface area contributed by atoms with Crippen LogP contribution in [-0.2, 0) is 6.42 Å². The zero-order chi connectivity index (χ0) is 16.9. The first-order valence-electron chi connectivity index (χ1n) is 7.76. The molecular formula is C18H17ClFNO3. The van der Waals surface area contributed by atoms with Crippen LogP contribution >= 0.6 is 11.6 Å². The Bertz CT molecular complexity index is 731. The number of benzene rings is 2. The maximum absolute atomic E-state index is 13.7. The molecule has 126 valence electrons. The second kappa shape index (κ2) is 7.53. The molecule has 1 N–H and O–H groups in total. The number of nitrogens with one attached hydrogen (secondary N) is 1. The molecule has 6 heteroatoms. The summed E-state index contributed by atoms with van der Waals surface area (Å²) in [5, 5.41) is 2.79. The first kappa shape index (κ1) is 16.6. The molecule has 0 bridgehead atoms. The van der Waals surface area contributed by atoms with Crippen LogP contribution in [0.2, 0.25) is 5.02 Å². The summed E-state index contributed by atoms with van der Waals surface area (Å²) in [7, 11) is 0. The maximum atomic E-state index is 13.7. The Morgan fingerprint density at radius 2 is 1.96 bits per heavy atom. The van der Waals surface area contributed by atoms with Gasteiger partial charge in [0.2, 0.25) is 0 Å². The van der Waals surface area contributed by atoms with E-state index in [1.807, 2.05) is 18.2 Å².